The fourth-order valence-corrected chi connectivity index (χ4v) is 2.40. The molecule has 0 saturated carbocycles. The number of amides is 1. The number of carbonyl (C=O) groups excluding carboxylic acids is 1. The number of likely N-dealkylation sites (N-methyl/N-ethyl adjacent to an activating group) is 1. The summed E-state index contributed by atoms with van der Waals surface area (Å²) in [7, 11) is 0. The topological polar surface area (TPSA) is 53.6 Å². The maximum absolute atomic E-state index is 11.8. The van der Waals surface area contributed by atoms with Crippen LogP contribution in [0, 0.1) is 0 Å². The van der Waals surface area contributed by atoms with Crippen LogP contribution in [-0.4, -0.2) is 56.2 Å². The van der Waals surface area contributed by atoms with Crippen molar-refractivity contribution >= 4 is 5.91 Å². The standard InChI is InChI=1S/C16H25N3O2/c1-2-19-8-9-21-15(13-19)11-17-12-16(20)18-10-14-6-4-3-5-7-14/h3-7,15,17H,2,8-13H2,1H3,(H,18,20). The normalized spacial score (nSPS) is 19.4. The summed E-state index contributed by atoms with van der Waals surface area (Å²) in [5.74, 6) is 0.0158. The minimum atomic E-state index is 0.0158. The van der Waals surface area contributed by atoms with E-state index in [1.807, 2.05) is 30.3 Å². The molecule has 1 unspecified atom stereocenters. The number of rotatable bonds is 7. The van der Waals surface area contributed by atoms with E-state index < -0.39 is 0 Å². The summed E-state index contributed by atoms with van der Waals surface area (Å²) in [5.41, 5.74) is 1.11. The Morgan fingerprint density at radius 1 is 1.38 bits per heavy atom. The van der Waals surface area contributed by atoms with Crippen LogP contribution in [0.3, 0.4) is 0 Å². The van der Waals surface area contributed by atoms with E-state index >= 15 is 0 Å². The Morgan fingerprint density at radius 2 is 2.19 bits per heavy atom. The summed E-state index contributed by atoms with van der Waals surface area (Å²) in [5, 5.41) is 6.08. The number of nitrogens with one attached hydrogen (secondary N) is 2. The van der Waals surface area contributed by atoms with Gasteiger partial charge < -0.3 is 15.4 Å². The van der Waals surface area contributed by atoms with Crippen LogP contribution in [0.25, 0.3) is 0 Å². The molecule has 1 amide bonds. The largest absolute Gasteiger partial charge is 0.374 e. The lowest BCUT2D eigenvalue weighted by molar-refractivity contribution is -0.120. The van der Waals surface area contributed by atoms with Crippen molar-refractivity contribution < 1.29 is 9.53 Å². The average molecular weight is 291 g/mol. The van der Waals surface area contributed by atoms with Crippen molar-refractivity contribution in [1.29, 1.82) is 0 Å². The molecule has 1 aliphatic rings. The first-order valence-corrected chi connectivity index (χ1v) is 7.63. The van der Waals surface area contributed by atoms with Crippen LogP contribution in [0.1, 0.15) is 12.5 Å². The molecular formula is C16H25N3O2. The minimum absolute atomic E-state index is 0.0158. The van der Waals surface area contributed by atoms with Gasteiger partial charge in [-0.3, -0.25) is 9.69 Å². The van der Waals surface area contributed by atoms with E-state index in [0.717, 1.165) is 38.3 Å². The Labute approximate surface area is 126 Å². The van der Waals surface area contributed by atoms with Gasteiger partial charge in [-0.1, -0.05) is 37.3 Å². The van der Waals surface area contributed by atoms with Crippen molar-refractivity contribution in [1.82, 2.24) is 15.5 Å². The highest BCUT2D eigenvalue weighted by Crippen LogP contribution is 2.03. The molecule has 0 aromatic heterocycles. The second-order valence-electron chi connectivity index (χ2n) is 5.28. The predicted octanol–water partition coefficient (Wildman–Crippen LogP) is 0.613. The van der Waals surface area contributed by atoms with Crippen molar-refractivity contribution in [3.8, 4) is 0 Å². The third kappa shape index (κ3) is 5.83. The molecule has 21 heavy (non-hydrogen) atoms. The van der Waals surface area contributed by atoms with Gasteiger partial charge in [-0.05, 0) is 12.1 Å². The van der Waals surface area contributed by atoms with Gasteiger partial charge in [-0.25, -0.2) is 0 Å². The van der Waals surface area contributed by atoms with Crippen molar-refractivity contribution in [3.63, 3.8) is 0 Å². The number of morpholine rings is 1. The Morgan fingerprint density at radius 3 is 2.95 bits per heavy atom. The Hall–Kier alpha value is -1.43. The lowest BCUT2D eigenvalue weighted by atomic mass is 10.2. The van der Waals surface area contributed by atoms with Gasteiger partial charge in [-0.2, -0.15) is 0 Å². The lowest BCUT2D eigenvalue weighted by Gasteiger charge is -2.32. The fraction of sp³-hybridized carbons (Fsp3) is 0.562. The molecule has 1 aliphatic heterocycles. The highest BCUT2D eigenvalue weighted by atomic mass is 16.5. The van der Waals surface area contributed by atoms with E-state index in [1.165, 1.54) is 0 Å². The monoisotopic (exact) mass is 291 g/mol. The highest BCUT2D eigenvalue weighted by Gasteiger charge is 2.18. The molecule has 0 bridgehead atoms. The zero-order valence-corrected chi connectivity index (χ0v) is 12.7. The molecule has 2 rings (SSSR count). The van der Waals surface area contributed by atoms with E-state index in [2.05, 4.69) is 22.5 Å². The molecule has 0 aliphatic carbocycles. The van der Waals surface area contributed by atoms with Gasteiger partial charge in [-0.15, -0.1) is 0 Å². The second-order valence-corrected chi connectivity index (χ2v) is 5.28. The smallest absolute Gasteiger partial charge is 0.234 e. The molecule has 116 valence electrons. The van der Waals surface area contributed by atoms with Gasteiger partial charge in [0.2, 0.25) is 5.91 Å². The van der Waals surface area contributed by atoms with Gasteiger partial charge in [0.15, 0.2) is 0 Å². The van der Waals surface area contributed by atoms with Crippen LogP contribution < -0.4 is 10.6 Å². The summed E-state index contributed by atoms with van der Waals surface area (Å²) < 4.78 is 5.69. The van der Waals surface area contributed by atoms with Crippen molar-refractivity contribution in [2.75, 3.05) is 39.3 Å². The number of benzene rings is 1. The maximum atomic E-state index is 11.8. The fourth-order valence-electron chi connectivity index (χ4n) is 2.40. The SMILES string of the molecule is CCN1CCOC(CNCC(=O)NCc2ccccc2)C1. The summed E-state index contributed by atoms with van der Waals surface area (Å²) in [4.78, 5) is 14.1. The number of nitrogens with zero attached hydrogens (tertiary/aromatic N) is 1. The van der Waals surface area contributed by atoms with Crippen LogP contribution in [-0.2, 0) is 16.1 Å². The Balaban J connectivity index is 1.59. The summed E-state index contributed by atoms with van der Waals surface area (Å²) >= 11 is 0. The first-order valence-electron chi connectivity index (χ1n) is 7.63. The lowest BCUT2D eigenvalue weighted by Crippen LogP contribution is -2.47. The molecule has 2 N–H and O–H groups in total. The highest BCUT2D eigenvalue weighted by molar-refractivity contribution is 5.77. The van der Waals surface area contributed by atoms with Gasteiger partial charge >= 0.3 is 0 Å². The van der Waals surface area contributed by atoms with Gasteiger partial charge in [0.25, 0.3) is 0 Å². The van der Waals surface area contributed by atoms with Crippen LogP contribution in [0.4, 0.5) is 0 Å². The molecular weight excluding hydrogens is 266 g/mol. The third-order valence-corrected chi connectivity index (χ3v) is 3.66. The van der Waals surface area contributed by atoms with Crippen LogP contribution in [0.5, 0.6) is 0 Å². The molecule has 1 heterocycles. The van der Waals surface area contributed by atoms with Gasteiger partial charge in [0.05, 0.1) is 19.3 Å². The predicted molar refractivity (Wildman–Crippen MR) is 83.0 cm³/mol. The van der Waals surface area contributed by atoms with E-state index in [1.54, 1.807) is 0 Å². The van der Waals surface area contributed by atoms with Crippen molar-refractivity contribution in [2.45, 2.75) is 19.6 Å². The Bertz CT molecular complexity index is 425. The molecule has 1 atom stereocenters. The quantitative estimate of drug-likeness (QED) is 0.773. The average Bonchev–Trinajstić information content (AvgIpc) is 2.54. The van der Waals surface area contributed by atoms with E-state index in [-0.39, 0.29) is 12.0 Å². The molecule has 0 radical (unpaired) electrons. The summed E-state index contributed by atoms with van der Waals surface area (Å²) in [6, 6.07) is 9.92. The molecule has 1 aromatic carbocycles. The number of carbonyl (C=O) groups is 1. The number of hydrogen-bond donors (Lipinski definition) is 2. The molecule has 0 spiro atoms. The van der Waals surface area contributed by atoms with Gasteiger partial charge in [0, 0.05) is 26.2 Å². The first kappa shape index (κ1) is 15.9. The zero-order valence-electron chi connectivity index (χ0n) is 12.7. The van der Waals surface area contributed by atoms with E-state index in [9.17, 15) is 4.79 Å². The number of ether oxygens (including phenoxy) is 1. The molecule has 5 heteroatoms. The molecule has 1 fully saturated rings. The summed E-state index contributed by atoms with van der Waals surface area (Å²) in [6.45, 7) is 7.56. The van der Waals surface area contributed by atoms with Crippen molar-refractivity contribution in [2.24, 2.45) is 0 Å². The summed E-state index contributed by atoms with van der Waals surface area (Å²) in [6.07, 6.45) is 0.181. The number of hydrogen-bond acceptors (Lipinski definition) is 4. The zero-order chi connectivity index (χ0) is 14.9. The first-order chi connectivity index (χ1) is 10.3. The van der Waals surface area contributed by atoms with E-state index in [0.29, 0.717) is 13.1 Å². The third-order valence-electron chi connectivity index (χ3n) is 3.66. The molecule has 1 saturated heterocycles. The van der Waals surface area contributed by atoms with E-state index in [4.69, 9.17) is 4.74 Å². The Kier molecular flexibility index (Phi) is 6.66. The van der Waals surface area contributed by atoms with Crippen LogP contribution in [0.2, 0.25) is 0 Å². The molecule has 1 aromatic rings. The van der Waals surface area contributed by atoms with Crippen LogP contribution in [0.15, 0.2) is 30.3 Å². The minimum Gasteiger partial charge on any atom is -0.374 e. The molecule has 5 nitrogen and oxygen atoms in total. The maximum Gasteiger partial charge on any atom is 0.234 e. The van der Waals surface area contributed by atoms with Crippen molar-refractivity contribution in [3.05, 3.63) is 35.9 Å². The van der Waals surface area contributed by atoms with Gasteiger partial charge in [0.1, 0.15) is 0 Å². The second kappa shape index (κ2) is 8.77. The van der Waals surface area contributed by atoms with Crippen LogP contribution >= 0.6 is 0 Å².